The Balaban J connectivity index is 1.94. The highest BCUT2D eigenvalue weighted by Crippen LogP contribution is 2.38. The van der Waals surface area contributed by atoms with Crippen LogP contribution in [0.25, 0.3) is 11.6 Å². The van der Waals surface area contributed by atoms with Crippen molar-refractivity contribution in [2.45, 2.75) is 44.4 Å². The van der Waals surface area contributed by atoms with Gasteiger partial charge in [0, 0.05) is 6.54 Å². The predicted molar refractivity (Wildman–Crippen MR) is 70.6 cm³/mol. The summed E-state index contributed by atoms with van der Waals surface area (Å²) in [4.78, 5) is 4.53. The summed E-state index contributed by atoms with van der Waals surface area (Å²) in [6.45, 7) is 2.53. The minimum absolute atomic E-state index is 0.135. The van der Waals surface area contributed by atoms with Gasteiger partial charge in [0.15, 0.2) is 5.76 Å². The molecule has 0 amide bonds. The Hall–Kier alpha value is -1.62. The normalized spacial score (nSPS) is 18.6. The molecule has 0 aliphatic heterocycles. The van der Waals surface area contributed by atoms with E-state index in [-0.39, 0.29) is 5.41 Å². The average Bonchev–Trinajstić information content (AvgIpc) is 3.08. The minimum atomic E-state index is -0.135. The first kappa shape index (κ1) is 12.4. The zero-order valence-corrected chi connectivity index (χ0v) is 11.2. The third-order valence-electron chi connectivity index (χ3n) is 4.15. The second-order valence-corrected chi connectivity index (χ2v) is 5.40. The first-order chi connectivity index (χ1) is 9.25. The number of furan rings is 1. The summed E-state index contributed by atoms with van der Waals surface area (Å²) in [7, 11) is 0. The molecule has 1 aliphatic rings. The third kappa shape index (κ3) is 2.08. The van der Waals surface area contributed by atoms with E-state index in [4.69, 9.17) is 14.7 Å². The Morgan fingerprint density at radius 2 is 2.11 bits per heavy atom. The van der Waals surface area contributed by atoms with Crippen molar-refractivity contribution in [1.82, 2.24) is 10.1 Å². The van der Waals surface area contributed by atoms with E-state index < -0.39 is 0 Å². The van der Waals surface area contributed by atoms with Gasteiger partial charge in [0.25, 0.3) is 0 Å². The van der Waals surface area contributed by atoms with Crippen LogP contribution >= 0.6 is 0 Å². The van der Waals surface area contributed by atoms with Crippen LogP contribution in [0.1, 0.15) is 43.6 Å². The maximum atomic E-state index is 5.98. The molecule has 2 aromatic rings. The summed E-state index contributed by atoms with van der Waals surface area (Å²) >= 11 is 0. The smallest absolute Gasteiger partial charge is 0.238 e. The second-order valence-electron chi connectivity index (χ2n) is 5.40. The van der Waals surface area contributed by atoms with Crippen LogP contribution in [-0.4, -0.2) is 16.7 Å². The summed E-state index contributed by atoms with van der Waals surface area (Å²) in [5.41, 5.74) is 6.85. The molecule has 0 unspecified atom stereocenters. The van der Waals surface area contributed by atoms with Gasteiger partial charge in [0.2, 0.25) is 11.7 Å². The average molecular weight is 261 g/mol. The minimum Gasteiger partial charge on any atom is -0.461 e. The van der Waals surface area contributed by atoms with Crippen molar-refractivity contribution in [2.24, 2.45) is 5.73 Å². The number of rotatable bonds is 3. The molecule has 3 rings (SSSR count). The summed E-state index contributed by atoms with van der Waals surface area (Å²) < 4.78 is 10.9. The molecule has 1 aliphatic carbocycles. The quantitative estimate of drug-likeness (QED) is 0.919. The van der Waals surface area contributed by atoms with Crippen molar-refractivity contribution >= 4 is 0 Å². The lowest BCUT2D eigenvalue weighted by Crippen LogP contribution is -2.37. The number of aryl methyl sites for hydroxylation is 1. The van der Waals surface area contributed by atoms with Gasteiger partial charge in [-0.3, -0.25) is 0 Å². The fourth-order valence-corrected chi connectivity index (χ4v) is 2.87. The molecule has 102 valence electrons. The molecular formula is C14H19N3O2. The number of nitrogens with zero attached hydrogens (tertiary/aromatic N) is 2. The van der Waals surface area contributed by atoms with Crippen molar-refractivity contribution in [3.8, 4) is 11.6 Å². The van der Waals surface area contributed by atoms with E-state index >= 15 is 0 Å². The standard InChI is InChI=1S/C14H19N3O2/c1-10-5-8-18-11(10)12-16-13(19-17-12)14(9-15)6-3-2-4-7-14/h5,8H,2-4,6-7,9,15H2,1H3. The Labute approximate surface area is 112 Å². The maximum absolute atomic E-state index is 5.98. The first-order valence-electron chi connectivity index (χ1n) is 6.84. The van der Waals surface area contributed by atoms with Crippen LogP contribution < -0.4 is 5.73 Å². The molecule has 0 aromatic carbocycles. The lowest BCUT2D eigenvalue weighted by atomic mass is 9.74. The Kier molecular flexibility index (Phi) is 3.14. The van der Waals surface area contributed by atoms with E-state index in [2.05, 4.69) is 10.1 Å². The molecule has 5 nitrogen and oxygen atoms in total. The van der Waals surface area contributed by atoms with Crippen LogP contribution in [0, 0.1) is 6.92 Å². The number of hydrogen-bond acceptors (Lipinski definition) is 5. The number of hydrogen-bond donors (Lipinski definition) is 1. The SMILES string of the molecule is Cc1ccoc1-c1noc(C2(CN)CCCCC2)n1. The van der Waals surface area contributed by atoms with Crippen LogP contribution in [0.4, 0.5) is 0 Å². The van der Waals surface area contributed by atoms with E-state index in [9.17, 15) is 0 Å². The largest absolute Gasteiger partial charge is 0.461 e. The lowest BCUT2D eigenvalue weighted by molar-refractivity contribution is 0.220. The van der Waals surface area contributed by atoms with Gasteiger partial charge in [-0.15, -0.1) is 0 Å². The maximum Gasteiger partial charge on any atom is 0.238 e. The van der Waals surface area contributed by atoms with E-state index in [1.807, 2.05) is 13.0 Å². The molecule has 19 heavy (non-hydrogen) atoms. The van der Waals surface area contributed by atoms with Crippen LogP contribution in [0.5, 0.6) is 0 Å². The van der Waals surface area contributed by atoms with Crippen molar-refractivity contribution in [2.75, 3.05) is 6.54 Å². The molecule has 2 heterocycles. The summed E-state index contributed by atoms with van der Waals surface area (Å²) in [6.07, 6.45) is 7.31. The van der Waals surface area contributed by atoms with Gasteiger partial charge < -0.3 is 14.7 Å². The Morgan fingerprint density at radius 1 is 1.32 bits per heavy atom. The van der Waals surface area contributed by atoms with Gasteiger partial charge in [-0.1, -0.05) is 24.4 Å². The van der Waals surface area contributed by atoms with E-state index in [0.717, 1.165) is 18.4 Å². The molecule has 0 saturated heterocycles. The van der Waals surface area contributed by atoms with Crippen molar-refractivity contribution < 1.29 is 8.94 Å². The molecule has 1 saturated carbocycles. The first-order valence-corrected chi connectivity index (χ1v) is 6.84. The highest BCUT2D eigenvalue weighted by molar-refractivity contribution is 5.51. The topological polar surface area (TPSA) is 78.1 Å². The van der Waals surface area contributed by atoms with Gasteiger partial charge in [0.05, 0.1) is 11.7 Å². The molecule has 5 heteroatoms. The lowest BCUT2D eigenvalue weighted by Gasteiger charge is -2.32. The van der Waals surface area contributed by atoms with Gasteiger partial charge in [-0.25, -0.2) is 0 Å². The second kappa shape index (κ2) is 4.81. The van der Waals surface area contributed by atoms with Crippen LogP contribution in [-0.2, 0) is 5.41 Å². The van der Waals surface area contributed by atoms with Gasteiger partial charge >= 0.3 is 0 Å². The van der Waals surface area contributed by atoms with Crippen molar-refractivity contribution in [3.05, 3.63) is 23.8 Å². The molecule has 1 fully saturated rings. The van der Waals surface area contributed by atoms with Crippen molar-refractivity contribution in [3.63, 3.8) is 0 Å². The van der Waals surface area contributed by atoms with Gasteiger partial charge in [-0.05, 0) is 31.4 Å². The summed E-state index contributed by atoms with van der Waals surface area (Å²) in [5, 5.41) is 4.05. The van der Waals surface area contributed by atoms with Crippen LogP contribution in [0.3, 0.4) is 0 Å². The molecule has 2 N–H and O–H groups in total. The highest BCUT2D eigenvalue weighted by atomic mass is 16.5. The van der Waals surface area contributed by atoms with E-state index in [1.165, 1.54) is 19.3 Å². The zero-order chi connectivity index (χ0) is 13.3. The number of aromatic nitrogens is 2. The third-order valence-corrected chi connectivity index (χ3v) is 4.15. The molecule has 2 aromatic heterocycles. The van der Waals surface area contributed by atoms with Crippen LogP contribution in [0.2, 0.25) is 0 Å². The van der Waals surface area contributed by atoms with Gasteiger partial charge in [-0.2, -0.15) is 4.98 Å². The van der Waals surface area contributed by atoms with Crippen molar-refractivity contribution in [1.29, 1.82) is 0 Å². The summed E-state index contributed by atoms with van der Waals surface area (Å²) in [5.74, 6) is 1.87. The highest BCUT2D eigenvalue weighted by Gasteiger charge is 2.38. The van der Waals surface area contributed by atoms with E-state index in [1.54, 1.807) is 6.26 Å². The van der Waals surface area contributed by atoms with Crippen LogP contribution in [0.15, 0.2) is 21.3 Å². The zero-order valence-electron chi connectivity index (χ0n) is 11.2. The molecule has 0 bridgehead atoms. The fourth-order valence-electron chi connectivity index (χ4n) is 2.87. The predicted octanol–water partition coefficient (Wildman–Crippen LogP) is 2.80. The van der Waals surface area contributed by atoms with E-state index in [0.29, 0.717) is 24.0 Å². The Morgan fingerprint density at radius 3 is 2.74 bits per heavy atom. The monoisotopic (exact) mass is 261 g/mol. The molecule has 0 atom stereocenters. The van der Waals surface area contributed by atoms with Gasteiger partial charge in [0.1, 0.15) is 0 Å². The summed E-state index contributed by atoms with van der Waals surface area (Å²) in [6, 6.07) is 1.89. The molecule has 0 spiro atoms. The number of nitrogens with two attached hydrogens (primary N) is 1. The molecule has 0 radical (unpaired) electrons. The Bertz CT molecular complexity index is 553. The molecular weight excluding hydrogens is 242 g/mol. The fraction of sp³-hybridized carbons (Fsp3) is 0.571.